The van der Waals surface area contributed by atoms with Crippen LogP contribution in [0.5, 0.6) is 0 Å². The van der Waals surface area contributed by atoms with Gasteiger partial charge in [-0.25, -0.2) is 0 Å². The Morgan fingerprint density at radius 2 is 2.26 bits per heavy atom. The van der Waals surface area contributed by atoms with Crippen molar-refractivity contribution in [2.24, 2.45) is 5.92 Å². The molecule has 0 radical (unpaired) electrons. The molecule has 1 fully saturated rings. The lowest BCUT2D eigenvalue weighted by Crippen LogP contribution is -2.46. The largest absolute Gasteiger partial charge is 0.466 e. The van der Waals surface area contributed by atoms with Crippen molar-refractivity contribution >= 4 is 23.2 Å². The number of aryl methyl sites for hydroxylation is 1. The lowest BCUT2D eigenvalue weighted by atomic mass is 9.98. The Balaban J connectivity index is 1.84. The number of carbonyl (C=O) groups is 2. The number of carbonyl (C=O) groups excluding carboxylic acids is 2. The molecule has 1 aliphatic heterocycles. The Morgan fingerprint density at radius 3 is 2.91 bits per heavy atom. The number of hydrogen-bond donors (Lipinski definition) is 0. The van der Waals surface area contributed by atoms with Crippen LogP contribution in [0.25, 0.3) is 0 Å². The predicted octanol–water partition coefficient (Wildman–Crippen LogP) is 2.29. The van der Waals surface area contributed by atoms with Crippen LogP contribution in [0.4, 0.5) is 0 Å². The zero-order valence-electron chi connectivity index (χ0n) is 14.2. The minimum Gasteiger partial charge on any atom is -0.466 e. The second-order valence-electron chi connectivity index (χ2n) is 6.13. The fraction of sp³-hybridized carbons (Fsp3) is 0.647. The maximum absolute atomic E-state index is 12.5. The summed E-state index contributed by atoms with van der Waals surface area (Å²) in [4.78, 5) is 29.5. The maximum atomic E-state index is 12.5. The molecule has 1 saturated heterocycles. The van der Waals surface area contributed by atoms with E-state index >= 15 is 0 Å². The third kappa shape index (κ3) is 5.04. The van der Waals surface area contributed by atoms with E-state index in [4.69, 9.17) is 4.74 Å². The first-order chi connectivity index (χ1) is 11.0. The van der Waals surface area contributed by atoms with Gasteiger partial charge < -0.3 is 9.64 Å². The van der Waals surface area contributed by atoms with E-state index in [0.717, 1.165) is 25.9 Å². The molecule has 23 heavy (non-hydrogen) atoms. The number of ether oxygens (including phenoxy) is 1. The van der Waals surface area contributed by atoms with Crippen LogP contribution < -0.4 is 0 Å². The number of amides is 1. The quantitative estimate of drug-likeness (QED) is 0.747. The zero-order valence-corrected chi connectivity index (χ0v) is 15.0. The van der Waals surface area contributed by atoms with Gasteiger partial charge in [0.2, 0.25) is 5.91 Å². The summed E-state index contributed by atoms with van der Waals surface area (Å²) in [5, 5.41) is 2.08. The summed E-state index contributed by atoms with van der Waals surface area (Å²) in [5.74, 6) is -0.249. The minimum absolute atomic E-state index is 0.0932. The Morgan fingerprint density at radius 1 is 1.48 bits per heavy atom. The van der Waals surface area contributed by atoms with Crippen molar-refractivity contribution in [2.45, 2.75) is 33.2 Å². The first-order valence-corrected chi connectivity index (χ1v) is 9.05. The van der Waals surface area contributed by atoms with Crippen LogP contribution in [-0.2, 0) is 20.9 Å². The van der Waals surface area contributed by atoms with Gasteiger partial charge in [0.25, 0.3) is 0 Å². The molecule has 1 amide bonds. The summed E-state index contributed by atoms with van der Waals surface area (Å²) in [6, 6.07) is 2.10. The number of likely N-dealkylation sites (N-methyl/N-ethyl adjacent to an activating group) is 1. The molecule has 0 saturated carbocycles. The Labute approximate surface area is 142 Å². The van der Waals surface area contributed by atoms with E-state index in [9.17, 15) is 9.59 Å². The fourth-order valence-electron chi connectivity index (χ4n) is 2.85. The van der Waals surface area contributed by atoms with Crippen LogP contribution >= 0.6 is 11.3 Å². The standard InChI is InChI=1S/C17H26N2O3S/c1-4-22-17(21)14-6-5-8-19(10-14)16(20)12-18(3)11-15-13(2)7-9-23-15/h7,9,14H,4-6,8,10-12H2,1-3H3. The second-order valence-corrected chi connectivity index (χ2v) is 7.13. The minimum atomic E-state index is -0.174. The molecule has 0 aromatic carbocycles. The van der Waals surface area contributed by atoms with E-state index in [1.165, 1.54) is 10.4 Å². The van der Waals surface area contributed by atoms with Crippen molar-refractivity contribution < 1.29 is 14.3 Å². The normalized spacial score (nSPS) is 18.3. The molecule has 2 rings (SSSR count). The Hall–Kier alpha value is -1.40. The van der Waals surface area contributed by atoms with Crippen LogP contribution in [0.3, 0.4) is 0 Å². The first-order valence-electron chi connectivity index (χ1n) is 8.17. The lowest BCUT2D eigenvalue weighted by Gasteiger charge is -2.32. The molecule has 0 bridgehead atoms. The van der Waals surface area contributed by atoms with Crippen molar-refractivity contribution in [1.29, 1.82) is 0 Å². The molecular formula is C17H26N2O3S. The van der Waals surface area contributed by atoms with Crippen molar-refractivity contribution in [1.82, 2.24) is 9.80 Å². The highest BCUT2D eigenvalue weighted by Gasteiger charge is 2.29. The van der Waals surface area contributed by atoms with Gasteiger partial charge in [-0.05, 0) is 50.7 Å². The van der Waals surface area contributed by atoms with Gasteiger partial charge in [-0.2, -0.15) is 0 Å². The molecule has 1 atom stereocenters. The SMILES string of the molecule is CCOC(=O)C1CCCN(C(=O)CN(C)Cc2sccc2C)C1. The van der Waals surface area contributed by atoms with Crippen LogP contribution in [0, 0.1) is 12.8 Å². The van der Waals surface area contributed by atoms with Crippen molar-refractivity contribution in [3.05, 3.63) is 21.9 Å². The van der Waals surface area contributed by atoms with Gasteiger partial charge in [-0.15, -0.1) is 11.3 Å². The summed E-state index contributed by atoms with van der Waals surface area (Å²) in [5.41, 5.74) is 1.27. The van der Waals surface area contributed by atoms with Gasteiger partial charge in [-0.3, -0.25) is 14.5 Å². The van der Waals surface area contributed by atoms with E-state index in [1.807, 2.05) is 23.8 Å². The molecule has 0 spiro atoms. The lowest BCUT2D eigenvalue weighted by molar-refractivity contribution is -0.151. The molecule has 5 nitrogen and oxygen atoms in total. The van der Waals surface area contributed by atoms with Crippen molar-refractivity contribution in [3.63, 3.8) is 0 Å². The van der Waals surface area contributed by atoms with Crippen LogP contribution in [0.2, 0.25) is 0 Å². The van der Waals surface area contributed by atoms with Gasteiger partial charge in [-0.1, -0.05) is 0 Å². The van der Waals surface area contributed by atoms with Crippen molar-refractivity contribution in [3.8, 4) is 0 Å². The number of likely N-dealkylation sites (tertiary alicyclic amines) is 1. The van der Waals surface area contributed by atoms with E-state index < -0.39 is 0 Å². The second kappa shape index (κ2) is 8.45. The smallest absolute Gasteiger partial charge is 0.310 e. The molecule has 0 N–H and O–H groups in total. The zero-order chi connectivity index (χ0) is 16.8. The van der Waals surface area contributed by atoms with E-state index in [2.05, 4.69) is 18.4 Å². The first kappa shape index (κ1) is 17.9. The number of nitrogens with zero attached hydrogens (tertiary/aromatic N) is 2. The van der Waals surface area contributed by atoms with Crippen molar-refractivity contribution in [2.75, 3.05) is 33.3 Å². The summed E-state index contributed by atoms with van der Waals surface area (Å²) >= 11 is 1.72. The molecule has 6 heteroatoms. The summed E-state index contributed by atoms with van der Waals surface area (Å²) in [6.07, 6.45) is 1.68. The van der Waals surface area contributed by atoms with Crippen LogP contribution in [0.1, 0.15) is 30.2 Å². The summed E-state index contributed by atoms with van der Waals surface area (Å²) in [7, 11) is 1.96. The highest BCUT2D eigenvalue weighted by atomic mass is 32.1. The van der Waals surface area contributed by atoms with Gasteiger partial charge in [0, 0.05) is 24.5 Å². The number of rotatable bonds is 6. The maximum Gasteiger partial charge on any atom is 0.310 e. The van der Waals surface area contributed by atoms with E-state index in [0.29, 0.717) is 19.7 Å². The Bertz CT molecular complexity index is 544. The van der Waals surface area contributed by atoms with Crippen LogP contribution in [-0.4, -0.2) is 55.0 Å². The molecule has 1 aliphatic rings. The topological polar surface area (TPSA) is 49.9 Å². The van der Waals surface area contributed by atoms with Gasteiger partial charge >= 0.3 is 5.97 Å². The van der Waals surface area contributed by atoms with Crippen LogP contribution in [0.15, 0.2) is 11.4 Å². The monoisotopic (exact) mass is 338 g/mol. The fourth-order valence-corrected chi connectivity index (χ4v) is 3.84. The van der Waals surface area contributed by atoms with Gasteiger partial charge in [0.1, 0.15) is 0 Å². The highest BCUT2D eigenvalue weighted by molar-refractivity contribution is 7.10. The predicted molar refractivity (Wildman–Crippen MR) is 91.3 cm³/mol. The number of esters is 1. The van der Waals surface area contributed by atoms with Gasteiger partial charge in [0.05, 0.1) is 19.1 Å². The number of piperidine rings is 1. The summed E-state index contributed by atoms with van der Waals surface area (Å²) < 4.78 is 5.09. The molecular weight excluding hydrogens is 312 g/mol. The molecule has 2 heterocycles. The van der Waals surface area contributed by atoms with Gasteiger partial charge in [0.15, 0.2) is 0 Å². The molecule has 0 aliphatic carbocycles. The molecule has 128 valence electrons. The van der Waals surface area contributed by atoms with E-state index in [1.54, 1.807) is 11.3 Å². The summed E-state index contributed by atoms with van der Waals surface area (Å²) in [6.45, 7) is 6.69. The molecule has 1 aromatic heterocycles. The molecule has 1 aromatic rings. The Kier molecular flexibility index (Phi) is 6.59. The third-order valence-electron chi connectivity index (χ3n) is 4.18. The third-order valence-corrected chi connectivity index (χ3v) is 5.19. The molecule has 1 unspecified atom stereocenters. The van der Waals surface area contributed by atoms with E-state index in [-0.39, 0.29) is 17.8 Å². The number of thiophene rings is 1. The highest BCUT2D eigenvalue weighted by Crippen LogP contribution is 2.19. The number of hydrogen-bond acceptors (Lipinski definition) is 5. The average molecular weight is 338 g/mol. The average Bonchev–Trinajstić information content (AvgIpc) is 2.92.